The summed E-state index contributed by atoms with van der Waals surface area (Å²) in [5, 5.41) is 3.56. The topological polar surface area (TPSA) is 21.3 Å². The van der Waals surface area contributed by atoms with Gasteiger partial charge in [0.15, 0.2) is 0 Å². The predicted molar refractivity (Wildman–Crippen MR) is 85.3 cm³/mol. The first-order valence-corrected chi connectivity index (χ1v) is 8.17. The van der Waals surface area contributed by atoms with Gasteiger partial charge in [0, 0.05) is 11.6 Å². The molecule has 1 aliphatic rings. The molecular formula is C18H29NO. The van der Waals surface area contributed by atoms with Crippen molar-refractivity contribution in [2.45, 2.75) is 58.9 Å². The van der Waals surface area contributed by atoms with Crippen LogP contribution in [-0.4, -0.2) is 13.2 Å². The maximum Gasteiger partial charge on any atom is 0.124 e. The van der Waals surface area contributed by atoms with Gasteiger partial charge < -0.3 is 10.1 Å². The number of nitrogens with one attached hydrogen (secondary N) is 1. The highest BCUT2D eigenvalue weighted by molar-refractivity contribution is 5.39. The Morgan fingerprint density at radius 2 is 2.05 bits per heavy atom. The van der Waals surface area contributed by atoms with E-state index >= 15 is 0 Å². The highest BCUT2D eigenvalue weighted by Crippen LogP contribution is 2.29. The maximum absolute atomic E-state index is 6.16. The SMILES string of the molecule is CCCNC(C)c1ccc(C)cc1OCC1CCCC1. The number of hydrogen-bond acceptors (Lipinski definition) is 2. The van der Waals surface area contributed by atoms with Crippen LogP contribution in [-0.2, 0) is 0 Å². The molecule has 2 nitrogen and oxygen atoms in total. The van der Waals surface area contributed by atoms with Crippen molar-refractivity contribution < 1.29 is 4.74 Å². The van der Waals surface area contributed by atoms with Crippen LogP contribution >= 0.6 is 0 Å². The fourth-order valence-corrected chi connectivity index (χ4v) is 2.98. The van der Waals surface area contributed by atoms with Crippen molar-refractivity contribution in [3.63, 3.8) is 0 Å². The molecule has 2 heteroatoms. The third-order valence-corrected chi connectivity index (χ3v) is 4.29. The van der Waals surface area contributed by atoms with E-state index in [-0.39, 0.29) is 0 Å². The van der Waals surface area contributed by atoms with Gasteiger partial charge >= 0.3 is 0 Å². The molecule has 1 aliphatic carbocycles. The zero-order valence-corrected chi connectivity index (χ0v) is 13.2. The molecule has 1 aromatic carbocycles. The molecule has 0 aromatic heterocycles. The van der Waals surface area contributed by atoms with Gasteiger partial charge in [0.25, 0.3) is 0 Å². The van der Waals surface area contributed by atoms with Crippen LogP contribution in [0.1, 0.15) is 63.1 Å². The van der Waals surface area contributed by atoms with E-state index in [0.29, 0.717) is 6.04 Å². The normalized spacial score (nSPS) is 17.4. The molecule has 2 rings (SSSR count). The Hall–Kier alpha value is -1.02. The van der Waals surface area contributed by atoms with Gasteiger partial charge in [0.2, 0.25) is 0 Å². The van der Waals surface area contributed by atoms with Crippen LogP contribution in [0.3, 0.4) is 0 Å². The monoisotopic (exact) mass is 275 g/mol. The summed E-state index contributed by atoms with van der Waals surface area (Å²) in [6, 6.07) is 6.94. The summed E-state index contributed by atoms with van der Waals surface area (Å²) < 4.78 is 6.16. The van der Waals surface area contributed by atoms with Crippen molar-refractivity contribution in [1.82, 2.24) is 5.32 Å². The van der Waals surface area contributed by atoms with Gasteiger partial charge in [0.05, 0.1) is 6.61 Å². The largest absolute Gasteiger partial charge is 0.493 e. The number of benzene rings is 1. The minimum atomic E-state index is 0.356. The highest BCUT2D eigenvalue weighted by Gasteiger charge is 2.17. The van der Waals surface area contributed by atoms with Gasteiger partial charge in [0.1, 0.15) is 5.75 Å². The van der Waals surface area contributed by atoms with E-state index in [1.807, 2.05) is 0 Å². The molecule has 1 saturated carbocycles. The summed E-state index contributed by atoms with van der Waals surface area (Å²) in [6.07, 6.45) is 6.59. The van der Waals surface area contributed by atoms with E-state index in [2.05, 4.69) is 44.3 Å². The summed E-state index contributed by atoms with van der Waals surface area (Å²) in [7, 11) is 0. The van der Waals surface area contributed by atoms with E-state index in [4.69, 9.17) is 4.74 Å². The lowest BCUT2D eigenvalue weighted by Crippen LogP contribution is -2.20. The lowest BCUT2D eigenvalue weighted by atomic mass is 10.0. The molecule has 1 N–H and O–H groups in total. The first-order chi connectivity index (χ1) is 9.70. The Morgan fingerprint density at radius 1 is 1.30 bits per heavy atom. The second-order valence-electron chi connectivity index (χ2n) is 6.18. The van der Waals surface area contributed by atoms with Gasteiger partial charge in [-0.05, 0) is 57.2 Å². The van der Waals surface area contributed by atoms with E-state index < -0.39 is 0 Å². The van der Waals surface area contributed by atoms with Crippen LogP contribution < -0.4 is 10.1 Å². The minimum absolute atomic E-state index is 0.356. The zero-order chi connectivity index (χ0) is 14.4. The second kappa shape index (κ2) is 7.68. The van der Waals surface area contributed by atoms with Crippen LogP contribution in [0, 0.1) is 12.8 Å². The molecule has 1 aromatic rings. The third-order valence-electron chi connectivity index (χ3n) is 4.29. The van der Waals surface area contributed by atoms with Gasteiger partial charge in [-0.2, -0.15) is 0 Å². The van der Waals surface area contributed by atoms with Crippen molar-refractivity contribution in [3.8, 4) is 5.75 Å². The lowest BCUT2D eigenvalue weighted by Gasteiger charge is -2.20. The summed E-state index contributed by atoms with van der Waals surface area (Å²) in [5.41, 5.74) is 2.57. The molecule has 0 saturated heterocycles. The Balaban J connectivity index is 2.02. The summed E-state index contributed by atoms with van der Waals surface area (Å²) in [4.78, 5) is 0. The number of hydrogen-bond donors (Lipinski definition) is 1. The van der Waals surface area contributed by atoms with Crippen molar-refractivity contribution in [1.29, 1.82) is 0 Å². The van der Waals surface area contributed by atoms with Crippen LogP contribution in [0.15, 0.2) is 18.2 Å². The van der Waals surface area contributed by atoms with E-state index in [0.717, 1.165) is 31.2 Å². The van der Waals surface area contributed by atoms with Gasteiger partial charge in [-0.3, -0.25) is 0 Å². The number of rotatable bonds is 7. The Kier molecular flexibility index (Phi) is 5.90. The summed E-state index contributed by atoms with van der Waals surface area (Å²) in [5.74, 6) is 1.84. The maximum atomic E-state index is 6.16. The quantitative estimate of drug-likeness (QED) is 0.783. The summed E-state index contributed by atoms with van der Waals surface area (Å²) >= 11 is 0. The fourth-order valence-electron chi connectivity index (χ4n) is 2.98. The smallest absolute Gasteiger partial charge is 0.124 e. The molecule has 0 aliphatic heterocycles. The van der Waals surface area contributed by atoms with Crippen molar-refractivity contribution in [3.05, 3.63) is 29.3 Å². The molecule has 1 atom stereocenters. The van der Waals surface area contributed by atoms with Crippen LogP contribution in [0.4, 0.5) is 0 Å². The summed E-state index contributed by atoms with van der Waals surface area (Å²) in [6.45, 7) is 8.50. The van der Waals surface area contributed by atoms with Crippen molar-refractivity contribution in [2.24, 2.45) is 5.92 Å². The van der Waals surface area contributed by atoms with Crippen LogP contribution in [0.25, 0.3) is 0 Å². The third kappa shape index (κ3) is 4.24. The Labute approximate surface area is 123 Å². The van der Waals surface area contributed by atoms with Crippen molar-refractivity contribution >= 4 is 0 Å². The molecule has 112 valence electrons. The molecule has 20 heavy (non-hydrogen) atoms. The number of aryl methyl sites for hydroxylation is 1. The first kappa shape index (κ1) is 15.4. The highest BCUT2D eigenvalue weighted by atomic mass is 16.5. The van der Waals surface area contributed by atoms with E-state index in [1.165, 1.54) is 36.8 Å². The number of ether oxygens (including phenoxy) is 1. The molecule has 0 spiro atoms. The minimum Gasteiger partial charge on any atom is -0.493 e. The molecule has 0 amide bonds. The molecule has 1 unspecified atom stereocenters. The van der Waals surface area contributed by atoms with E-state index in [1.54, 1.807) is 0 Å². The van der Waals surface area contributed by atoms with Gasteiger partial charge in [-0.15, -0.1) is 0 Å². The average molecular weight is 275 g/mol. The van der Waals surface area contributed by atoms with Crippen molar-refractivity contribution in [2.75, 3.05) is 13.2 Å². The standard InChI is InChI=1S/C18H29NO/c1-4-11-19-15(3)17-10-9-14(2)12-18(17)20-13-16-7-5-6-8-16/h9-10,12,15-16,19H,4-8,11,13H2,1-3H3. The Morgan fingerprint density at radius 3 is 2.75 bits per heavy atom. The molecule has 0 radical (unpaired) electrons. The molecule has 0 bridgehead atoms. The Bertz CT molecular complexity index is 410. The molecule has 1 fully saturated rings. The molecule has 0 heterocycles. The zero-order valence-electron chi connectivity index (χ0n) is 13.2. The second-order valence-corrected chi connectivity index (χ2v) is 6.18. The van der Waals surface area contributed by atoms with Crippen LogP contribution in [0.5, 0.6) is 5.75 Å². The average Bonchev–Trinajstić information content (AvgIpc) is 2.96. The first-order valence-electron chi connectivity index (χ1n) is 8.17. The predicted octanol–water partition coefficient (Wildman–Crippen LogP) is 4.62. The fraction of sp³-hybridized carbons (Fsp3) is 0.667. The van der Waals surface area contributed by atoms with Crippen LogP contribution in [0.2, 0.25) is 0 Å². The molecular weight excluding hydrogens is 246 g/mol. The van der Waals surface area contributed by atoms with E-state index in [9.17, 15) is 0 Å². The van der Waals surface area contributed by atoms with Gasteiger partial charge in [-0.25, -0.2) is 0 Å². The van der Waals surface area contributed by atoms with Gasteiger partial charge in [-0.1, -0.05) is 31.9 Å². The lowest BCUT2D eigenvalue weighted by molar-refractivity contribution is 0.248.